The summed E-state index contributed by atoms with van der Waals surface area (Å²) in [5.41, 5.74) is 0.0803. The Morgan fingerprint density at radius 1 is 1.33 bits per heavy atom. The molecule has 0 radical (unpaired) electrons. The molecule has 2 N–H and O–H groups in total. The maximum Gasteiger partial charge on any atom is 0.191 e. The van der Waals surface area contributed by atoms with Gasteiger partial charge in [0.15, 0.2) is 11.8 Å². The number of hydrogen-bond donors (Lipinski definition) is 2. The van der Waals surface area contributed by atoms with Crippen molar-refractivity contribution in [1.82, 2.24) is 25.4 Å². The average Bonchev–Trinajstić information content (AvgIpc) is 3.37. The Labute approximate surface area is 183 Å². The quantitative estimate of drug-likeness (QED) is 0.543. The molecule has 2 aliphatic rings. The van der Waals surface area contributed by atoms with Gasteiger partial charge in [-0.05, 0) is 50.5 Å². The number of ether oxygens (including phenoxy) is 1. The second-order valence-corrected chi connectivity index (χ2v) is 9.60. The third-order valence-corrected chi connectivity index (χ3v) is 7.34. The number of aliphatic imine (C=N–C) groups is 1. The molecule has 1 saturated heterocycles. The summed E-state index contributed by atoms with van der Waals surface area (Å²) in [5.74, 6) is 2.65. The molecule has 3 heterocycles. The number of hydrogen-bond acceptors (Lipinski definition) is 5. The van der Waals surface area contributed by atoms with E-state index in [4.69, 9.17) is 9.73 Å². The van der Waals surface area contributed by atoms with E-state index in [1.54, 1.807) is 11.3 Å². The first kappa shape index (κ1) is 21.3. The van der Waals surface area contributed by atoms with Crippen LogP contribution >= 0.6 is 11.3 Å². The lowest BCUT2D eigenvalue weighted by Crippen LogP contribution is -2.52. The minimum Gasteiger partial charge on any atom is -0.375 e. The van der Waals surface area contributed by atoms with Gasteiger partial charge in [0.2, 0.25) is 0 Å². The first-order valence-electron chi connectivity index (χ1n) is 11.2. The minimum atomic E-state index is 0.0803. The van der Waals surface area contributed by atoms with Gasteiger partial charge in [0.05, 0.1) is 5.60 Å². The van der Waals surface area contributed by atoms with E-state index < -0.39 is 0 Å². The number of guanidine groups is 1. The van der Waals surface area contributed by atoms with Gasteiger partial charge in [-0.1, -0.05) is 25.3 Å². The minimum absolute atomic E-state index is 0.0803. The molecule has 4 rings (SSSR count). The lowest BCUT2D eigenvalue weighted by Gasteiger charge is -2.44. The second kappa shape index (κ2) is 9.92. The highest BCUT2D eigenvalue weighted by molar-refractivity contribution is 7.09. The zero-order chi connectivity index (χ0) is 20.8. The molecular formula is C22H34N6OS. The number of aryl methyl sites for hydroxylation is 1. The van der Waals surface area contributed by atoms with Crippen LogP contribution in [0.4, 0.5) is 0 Å². The molecule has 1 unspecified atom stereocenters. The SMILES string of the molecule is Cc1nnc(CN=C(NCCc2cccs2)NC2CCOC3(CCCCC3)C2)n1C. The van der Waals surface area contributed by atoms with Gasteiger partial charge in [0.25, 0.3) is 0 Å². The first-order valence-corrected chi connectivity index (χ1v) is 12.1. The number of nitrogens with one attached hydrogen (secondary N) is 2. The fourth-order valence-electron chi connectivity index (χ4n) is 4.54. The van der Waals surface area contributed by atoms with Crippen LogP contribution in [0.5, 0.6) is 0 Å². The third kappa shape index (κ3) is 5.40. The van der Waals surface area contributed by atoms with Crippen LogP contribution in [0.15, 0.2) is 22.5 Å². The van der Waals surface area contributed by atoms with E-state index in [0.29, 0.717) is 12.6 Å². The number of nitrogens with zero attached hydrogens (tertiary/aromatic N) is 4. The molecule has 0 aromatic carbocycles. The number of thiophene rings is 1. The summed E-state index contributed by atoms with van der Waals surface area (Å²) in [6, 6.07) is 4.69. The van der Waals surface area contributed by atoms with Crippen molar-refractivity contribution in [3.8, 4) is 0 Å². The molecule has 2 aromatic rings. The van der Waals surface area contributed by atoms with Crippen molar-refractivity contribution in [3.63, 3.8) is 0 Å². The lowest BCUT2D eigenvalue weighted by molar-refractivity contribution is -0.107. The third-order valence-electron chi connectivity index (χ3n) is 6.40. The van der Waals surface area contributed by atoms with Gasteiger partial charge >= 0.3 is 0 Å². The van der Waals surface area contributed by atoms with E-state index in [-0.39, 0.29) is 5.60 Å². The van der Waals surface area contributed by atoms with Gasteiger partial charge in [0.1, 0.15) is 12.4 Å². The highest BCUT2D eigenvalue weighted by Crippen LogP contribution is 2.38. The highest BCUT2D eigenvalue weighted by Gasteiger charge is 2.38. The highest BCUT2D eigenvalue weighted by atomic mass is 32.1. The normalized spacial score (nSPS) is 21.7. The summed E-state index contributed by atoms with van der Waals surface area (Å²) >= 11 is 1.80. The van der Waals surface area contributed by atoms with Crippen LogP contribution < -0.4 is 10.6 Å². The second-order valence-electron chi connectivity index (χ2n) is 8.57. The Bertz CT molecular complexity index is 819. The van der Waals surface area contributed by atoms with Crippen LogP contribution in [0, 0.1) is 6.92 Å². The van der Waals surface area contributed by atoms with Crippen molar-refractivity contribution in [3.05, 3.63) is 34.0 Å². The van der Waals surface area contributed by atoms with Gasteiger partial charge in [-0.2, -0.15) is 0 Å². The number of rotatable bonds is 6. The number of aromatic nitrogens is 3. The molecule has 1 aliphatic carbocycles. The van der Waals surface area contributed by atoms with Crippen LogP contribution in [-0.4, -0.2) is 45.5 Å². The fraction of sp³-hybridized carbons (Fsp3) is 0.682. The van der Waals surface area contributed by atoms with Crippen LogP contribution in [0.2, 0.25) is 0 Å². The summed E-state index contributed by atoms with van der Waals surface area (Å²) in [6.45, 7) is 4.17. The van der Waals surface area contributed by atoms with E-state index in [9.17, 15) is 0 Å². The van der Waals surface area contributed by atoms with E-state index in [2.05, 4.69) is 38.3 Å². The predicted molar refractivity (Wildman–Crippen MR) is 121 cm³/mol. The molecule has 0 bridgehead atoms. The van der Waals surface area contributed by atoms with Gasteiger partial charge in [-0.15, -0.1) is 21.5 Å². The van der Waals surface area contributed by atoms with Gasteiger partial charge in [0, 0.05) is 31.1 Å². The largest absolute Gasteiger partial charge is 0.375 e. The summed E-state index contributed by atoms with van der Waals surface area (Å²) in [4.78, 5) is 6.24. The molecule has 30 heavy (non-hydrogen) atoms. The fourth-order valence-corrected chi connectivity index (χ4v) is 5.25. The van der Waals surface area contributed by atoms with Crippen molar-refractivity contribution >= 4 is 17.3 Å². The van der Waals surface area contributed by atoms with Crippen LogP contribution in [0.3, 0.4) is 0 Å². The van der Waals surface area contributed by atoms with Gasteiger partial charge < -0.3 is 19.9 Å². The summed E-state index contributed by atoms with van der Waals surface area (Å²) in [6.07, 6.45) is 9.41. The molecule has 1 saturated carbocycles. The molecule has 164 valence electrons. The topological polar surface area (TPSA) is 76.4 Å². The van der Waals surface area contributed by atoms with E-state index >= 15 is 0 Å². The van der Waals surface area contributed by atoms with E-state index in [1.165, 1.54) is 37.0 Å². The Balaban J connectivity index is 1.40. The maximum atomic E-state index is 6.28. The Morgan fingerprint density at radius 3 is 2.93 bits per heavy atom. The first-order chi connectivity index (χ1) is 14.6. The van der Waals surface area contributed by atoms with Crippen molar-refractivity contribution in [2.45, 2.75) is 76.5 Å². The monoisotopic (exact) mass is 430 g/mol. The maximum absolute atomic E-state index is 6.28. The van der Waals surface area contributed by atoms with E-state index in [1.807, 2.05) is 18.5 Å². The summed E-state index contributed by atoms with van der Waals surface area (Å²) in [5, 5.41) is 17.8. The smallest absolute Gasteiger partial charge is 0.191 e. The lowest BCUT2D eigenvalue weighted by atomic mass is 9.78. The van der Waals surface area contributed by atoms with Gasteiger partial charge in [-0.25, -0.2) is 4.99 Å². The van der Waals surface area contributed by atoms with Crippen molar-refractivity contribution < 1.29 is 4.74 Å². The molecule has 2 aromatic heterocycles. The Hall–Kier alpha value is -1.93. The van der Waals surface area contributed by atoms with Crippen molar-refractivity contribution in [2.24, 2.45) is 12.0 Å². The Kier molecular flexibility index (Phi) is 7.04. The standard InChI is InChI=1S/C22H34N6OS/c1-17-26-27-20(28(17)2)16-24-21(23-12-8-19-7-6-14-30-19)25-18-9-13-29-22(15-18)10-4-3-5-11-22/h6-7,14,18H,3-5,8-13,15-16H2,1-2H3,(H2,23,24,25). The predicted octanol–water partition coefficient (Wildman–Crippen LogP) is 3.34. The van der Waals surface area contributed by atoms with E-state index in [0.717, 1.165) is 50.0 Å². The van der Waals surface area contributed by atoms with Crippen LogP contribution in [0.1, 0.15) is 61.5 Å². The zero-order valence-electron chi connectivity index (χ0n) is 18.2. The summed E-state index contributed by atoms with van der Waals surface area (Å²) in [7, 11) is 1.99. The molecule has 0 amide bonds. The van der Waals surface area contributed by atoms with Crippen molar-refractivity contribution in [1.29, 1.82) is 0 Å². The van der Waals surface area contributed by atoms with Gasteiger partial charge in [-0.3, -0.25) is 0 Å². The zero-order valence-corrected chi connectivity index (χ0v) is 19.0. The molecule has 1 spiro atoms. The molecule has 8 heteroatoms. The van der Waals surface area contributed by atoms with Crippen LogP contribution in [-0.2, 0) is 24.8 Å². The molecule has 1 aliphatic heterocycles. The van der Waals surface area contributed by atoms with Crippen molar-refractivity contribution in [2.75, 3.05) is 13.2 Å². The average molecular weight is 431 g/mol. The summed E-state index contributed by atoms with van der Waals surface area (Å²) < 4.78 is 8.27. The van der Waals surface area contributed by atoms with Crippen LogP contribution in [0.25, 0.3) is 0 Å². The molecule has 2 fully saturated rings. The molecule has 7 nitrogen and oxygen atoms in total. The Morgan fingerprint density at radius 2 is 2.20 bits per heavy atom. The molecule has 1 atom stereocenters. The molecular weight excluding hydrogens is 396 g/mol.